The molecule has 4 heterocycles. The van der Waals surface area contributed by atoms with Gasteiger partial charge >= 0.3 is 5.97 Å². The minimum Gasteiger partial charge on any atom is -0.468 e. The van der Waals surface area contributed by atoms with Crippen molar-refractivity contribution in [3.05, 3.63) is 85.1 Å². The minimum atomic E-state index is -0.841. The second kappa shape index (κ2) is 16.6. The van der Waals surface area contributed by atoms with Gasteiger partial charge in [0.1, 0.15) is 19.1 Å². The first-order chi connectivity index (χ1) is 21.4. The average molecular weight is 615 g/mol. The SMILES string of the molecule is COC(=O)CNC(=O)[C@H](CCCCNC(=S)Cc1ccnc(-c2ccccn2)c1)NC(=O)Cn1cc(-c2ccccn2)cn1. The normalized spacial score (nSPS) is 11.3. The topological polar surface area (TPSA) is 153 Å². The Labute approximate surface area is 260 Å². The predicted octanol–water partition coefficient (Wildman–Crippen LogP) is 2.51. The lowest BCUT2D eigenvalue weighted by Gasteiger charge is -2.18. The molecule has 0 spiro atoms. The van der Waals surface area contributed by atoms with Gasteiger partial charge < -0.3 is 20.7 Å². The molecular formula is C31H34N8O4S. The number of ether oxygens (including phenoxy) is 1. The van der Waals surface area contributed by atoms with Crippen molar-refractivity contribution < 1.29 is 19.1 Å². The molecule has 4 aromatic heterocycles. The molecular weight excluding hydrogens is 580 g/mol. The number of aromatic nitrogens is 5. The summed E-state index contributed by atoms with van der Waals surface area (Å²) in [5.41, 5.74) is 4.11. The Bertz CT molecular complexity index is 1550. The maximum Gasteiger partial charge on any atom is 0.325 e. The summed E-state index contributed by atoms with van der Waals surface area (Å²) in [5.74, 6) is -1.44. The number of nitrogens with zero attached hydrogens (tertiary/aromatic N) is 5. The van der Waals surface area contributed by atoms with Crippen molar-refractivity contribution in [1.29, 1.82) is 0 Å². The van der Waals surface area contributed by atoms with Gasteiger partial charge in [-0.15, -0.1) is 0 Å². The minimum absolute atomic E-state index is 0.0828. The number of unbranched alkanes of at least 4 members (excludes halogenated alkanes) is 1. The second-order valence-corrected chi connectivity index (χ2v) is 10.3. The molecule has 0 saturated carbocycles. The molecule has 4 aromatic rings. The highest BCUT2D eigenvalue weighted by molar-refractivity contribution is 7.80. The van der Waals surface area contributed by atoms with Crippen molar-refractivity contribution in [2.24, 2.45) is 0 Å². The summed E-state index contributed by atoms with van der Waals surface area (Å²) >= 11 is 5.54. The van der Waals surface area contributed by atoms with Gasteiger partial charge in [-0.25, -0.2) is 0 Å². The Kier molecular flexibility index (Phi) is 12.0. The summed E-state index contributed by atoms with van der Waals surface area (Å²) in [6.45, 7) is 0.229. The first-order valence-corrected chi connectivity index (χ1v) is 14.5. The highest BCUT2D eigenvalue weighted by Gasteiger charge is 2.21. The summed E-state index contributed by atoms with van der Waals surface area (Å²) in [4.78, 5) is 50.9. The van der Waals surface area contributed by atoms with Crippen LogP contribution in [0.1, 0.15) is 24.8 Å². The van der Waals surface area contributed by atoms with Gasteiger partial charge in [0.05, 0.1) is 35.4 Å². The largest absolute Gasteiger partial charge is 0.468 e. The molecule has 0 radical (unpaired) electrons. The average Bonchev–Trinajstić information content (AvgIpc) is 3.52. The lowest BCUT2D eigenvalue weighted by molar-refractivity contribution is -0.141. The first kappa shape index (κ1) is 31.9. The number of thiocarbonyl (C=S) groups is 1. The van der Waals surface area contributed by atoms with E-state index < -0.39 is 17.9 Å². The molecule has 3 N–H and O–H groups in total. The van der Waals surface area contributed by atoms with Gasteiger partial charge in [-0.1, -0.05) is 24.4 Å². The number of pyridine rings is 3. The van der Waals surface area contributed by atoms with Gasteiger partial charge in [-0.05, 0) is 61.2 Å². The number of nitrogens with one attached hydrogen (secondary N) is 3. The van der Waals surface area contributed by atoms with E-state index in [4.69, 9.17) is 12.2 Å². The van der Waals surface area contributed by atoms with Crippen LogP contribution in [0.3, 0.4) is 0 Å². The third kappa shape index (κ3) is 10.1. The molecule has 0 bridgehead atoms. The lowest BCUT2D eigenvalue weighted by atomic mass is 10.1. The van der Waals surface area contributed by atoms with Crippen LogP contribution in [0.5, 0.6) is 0 Å². The van der Waals surface area contributed by atoms with Crippen LogP contribution < -0.4 is 16.0 Å². The third-order valence-corrected chi connectivity index (χ3v) is 6.83. The number of carbonyl (C=O) groups is 3. The van der Waals surface area contributed by atoms with E-state index in [1.165, 1.54) is 11.8 Å². The smallest absolute Gasteiger partial charge is 0.325 e. The van der Waals surface area contributed by atoms with Crippen molar-refractivity contribution in [1.82, 2.24) is 40.7 Å². The first-order valence-electron chi connectivity index (χ1n) is 14.1. The summed E-state index contributed by atoms with van der Waals surface area (Å²) in [5, 5.41) is 12.8. The lowest BCUT2D eigenvalue weighted by Crippen LogP contribution is -2.48. The maximum absolute atomic E-state index is 12.8. The molecule has 0 aliphatic carbocycles. The Balaban J connectivity index is 1.25. The zero-order chi connectivity index (χ0) is 31.1. The Morgan fingerprint density at radius 2 is 1.68 bits per heavy atom. The molecule has 44 heavy (non-hydrogen) atoms. The summed E-state index contributed by atoms with van der Waals surface area (Å²) in [7, 11) is 1.24. The number of methoxy groups -OCH3 is 1. The molecule has 0 fully saturated rings. The van der Waals surface area contributed by atoms with Crippen LogP contribution in [-0.2, 0) is 32.1 Å². The van der Waals surface area contributed by atoms with Gasteiger partial charge in [-0.2, -0.15) is 5.10 Å². The van der Waals surface area contributed by atoms with Gasteiger partial charge in [0.15, 0.2) is 0 Å². The highest BCUT2D eigenvalue weighted by atomic mass is 32.1. The molecule has 0 aliphatic rings. The number of hydrogen-bond donors (Lipinski definition) is 3. The molecule has 2 amide bonds. The standard InChI is InChI=1S/C31H34N8O4S/c1-43-30(41)19-36-31(42)26(38-28(40)21-39-20-23(18-37-39)24-8-2-5-12-32-24)10-4-7-14-35-29(44)17-22-11-15-34-27(16-22)25-9-3-6-13-33-25/h2-3,5-6,8-9,11-13,15-16,18,20,26H,4,7,10,14,17,19,21H2,1H3,(H,35,44)(H,36,42)(H,38,40)/t26-/m0/s1. The van der Waals surface area contributed by atoms with Crippen molar-refractivity contribution >= 4 is 35.0 Å². The quantitative estimate of drug-likeness (QED) is 0.103. The van der Waals surface area contributed by atoms with Crippen molar-refractivity contribution in [3.63, 3.8) is 0 Å². The van der Waals surface area contributed by atoms with E-state index in [-0.39, 0.29) is 19.0 Å². The number of esters is 1. The Hall–Kier alpha value is -5.04. The van der Waals surface area contributed by atoms with Gasteiger partial charge in [-0.3, -0.25) is 34.0 Å². The molecule has 0 aromatic carbocycles. The number of hydrogen-bond acceptors (Lipinski definition) is 9. The number of amides is 2. The summed E-state index contributed by atoms with van der Waals surface area (Å²) < 4.78 is 6.08. The van der Waals surface area contributed by atoms with E-state index in [1.807, 2.05) is 48.5 Å². The zero-order valence-corrected chi connectivity index (χ0v) is 25.1. The molecule has 0 unspecified atom stereocenters. The van der Waals surface area contributed by atoms with E-state index in [2.05, 4.69) is 40.7 Å². The van der Waals surface area contributed by atoms with Crippen LogP contribution in [0.15, 0.2) is 79.5 Å². The van der Waals surface area contributed by atoms with E-state index in [0.717, 1.165) is 28.2 Å². The fraction of sp³-hybridized carbons (Fsp3) is 0.290. The molecule has 228 valence electrons. The van der Waals surface area contributed by atoms with Gasteiger partial charge in [0.2, 0.25) is 11.8 Å². The number of rotatable bonds is 15. The number of carbonyl (C=O) groups excluding carboxylic acids is 3. The maximum atomic E-state index is 12.8. The summed E-state index contributed by atoms with van der Waals surface area (Å²) in [6.07, 6.45) is 10.7. The van der Waals surface area contributed by atoms with Crippen LogP contribution in [0.2, 0.25) is 0 Å². The predicted molar refractivity (Wildman–Crippen MR) is 168 cm³/mol. The van der Waals surface area contributed by atoms with Gasteiger partial charge in [0, 0.05) is 43.3 Å². The Morgan fingerprint density at radius 1 is 0.932 bits per heavy atom. The molecule has 12 nitrogen and oxygen atoms in total. The fourth-order valence-corrected chi connectivity index (χ4v) is 4.58. The Morgan fingerprint density at radius 3 is 2.41 bits per heavy atom. The van der Waals surface area contributed by atoms with Crippen LogP contribution in [0.25, 0.3) is 22.6 Å². The van der Waals surface area contributed by atoms with E-state index in [1.54, 1.807) is 31.0 Å². The molecule has 1 atom stereocenters. The molecule has 4 rings (SSSR count). The molecule has 13 heteroatoms. The highest BCUT2D eigenvalue weighted by Crippen LogP contribution is 2.16. The molecule has 0 aliphatic heterocycles. The zero-order valence-electron chi connectivity index (χ0n) is 24.3. The van der Waals surface area contributed by atoms with E-state index >= 15 is 0 Å². The molecule has 0 saturated heterocycles. The van der Waals surface area contributed by atoms with Crippen LogP contribution in [0, 0.1) is 0 Å². The van der Waals surface area contributed by atoms with Crippen molar-refractivity contribution in [2.75, 3.05) is 20.2 Å². The summed E-state index contributed by atoms with van der Waals surface area (Å²) in [6, 6.07) is 14.3. The second-order valence-electron chi connectivity index (χ2n) is 9.84. The van der Waals surface area contributed by atoms with Crippen LogP contribution in [-0.4, -0.2) is 73.7 Å². The van der Waals surface area contributed by atoms with E-state index in [0.29, 0.717) is 37.2 Å². The van der Waals surface area contributed by atoms with Gasteiger partial charge in [0.25, 0.3) is 0 Å². The van der Waals surface area contributed by atoms with Crippen molar-refractivity contribution in [2.45, 2.75) is 38.3 Å². The van der Waals surface area contributed by atoms with E-state index in [9.17, 15) is 14.4 Å². The van der Waals surface area contributed by atoms with Crippen LogP contribution >= 0.6 is 12.2 Å². The van der Waals surface area contributed by atoms with Crippen LogP contribution in [0.4, 0.5) is 0 Å². The fourth-order valence-electron chi connectivity index (χ4n) is 4.31. The third-order valence-electron chi connectivity index (χ3n) is 6.54. The monoisotopic (exact) mass is 614 g/mol. The van der Waals surface area contributed by atoms with Crippen molar-refractivity contribution in [3.8, 4) is 22.6 Å².